The van der Waals surface area contributed by atoms with Crippen molar-refractivity contribution in [2.75, 3.05) is 12.4 Å². The first-order valence-corrected chi connectivity index (χ1v) is 6.96. The third-order valence-corrected chi connectivity index (χ3v) is 3.56. The third kappa shape index (κ3) is 2.70. The molecule has 0 spiro atoms. The molecule has 0 fully saturated rings. The van der Waals surface area contributed by atoms with Crippen LogP contribution < -0.4 is 10.1 Å². The van der Waals surface area contributed by atoms with E-state index in [0.717, 1.165) is 22.5 Å². The van der Waals surface area contributed by atoms with Crippen LogP contribution in [-0.2, 0) is 6.54 Å². The highest BCUT2D eigenvalue weighted by Crippen LogP contribution is 2.28. The number of aromatic nitrogens is 1. The second kappa shape index (κ2) is 6.15. The molecule has 0 amide bonds. The zero-order valence-electron chi connectivity index (χ0n) is 12.2. The van der Waals surface area contributed by atoms with Gasteiger partial charge in [-0.1, -0.05) is 30.3 Å². The van der Waals surface area contributed by atoms with E-state index in [4.69, 9.17) is 10.00 Å². The molecule has 22 heavy (non-hydrogen) atoms. The summed E-state index contributed by atoms with van der Waals surface area (Å²) in [4.78, 5) is 4.23. The first-order chi connectivity index (χ1) is 10.8. The molecule has 0 aliphatic carbocycles. The first-order valence-electron chi connectivity index (χ1n) is 6.96. The summed E-state index contributed by atoms with van der Waals surface area (Å²) in [5.41, 5.74) is 1.64. The van der Waals surface area contributed by atoms with Gasteiger partial charge in [0, 0.05) is 18.3 Å². The van der Waals surface area contributed by atoms with Gasteiger partial charge in [0.15, 0.2) is 0 Å². The molecule has 3 aromatic rings. The van der Waals surface area contributed by atoms with Crippen molar-refractivity contribution in [1.82, 2.24) is 4.98 Å². The molecule has 2 aromatic carbocycles. The monoisotopic (exact) mass is 289 g/mol. The minimum Gasteiger partial charge on any atom is -0.496 e. The summed E-state index contributed by atoms with van der Waals surface area (Å²) in [6.07, 6.45) is 1.56. The average Bonchev–Trinajstić information content (AvgIpc) is 2.60. The number of ether oxygens (including phenoxy) is 1. The highest BCUT2D eigenvalue weighted by Gasteiger charge is 2.08. The number of benzene rings is 2. The largest absolute Gasteiger partial charge is 0.496 e. The molecule has 0 unspecified atom stereocenters. The molecule has 1 aromatic heterocycles. The van der Waals surface area contributed by atoms with Crippen LogP contribution in [0.4, 0.5) is 5.82 Å². The Hall–Kier alpha value is -3.06. The van der Waals surface area contributed by atoms with E-state index in [1.807, 2.05) is 18.2 Å². The predicted octanol–water partition coefficient (Wildman–Crippen LogP) is 3.73. The summed E-state index contributed by atoms with van der Waals surface area (Å²) < 4.78 is 5.47. The van der Waals surface area contributed by atoms with Crippen LogP contribution in [0.1, 0.15) is 11.1 Å². The number of rotatable bonds is 4. The van der Waals surface area contributed by atoms with Crippen LogP contribution in [0.5, 0.6) is 5.75 Å². The first kappa shape index (κ1) is 13.9. The zero-order valence-corrected chi connectivity index (χ0v) is 12.2. The van der Waals surface area contributed by atoms with Crippen molar-refractivity contribution in [3.8, 4) is 11.8 Å². The number of methoxy groups -OCH3 is 1. The molecule has 1 heterocycles. The van der Waals surface area contributed by atoms with Gasteiger partial charge in [0.05, 0.1) is 12.7 Å². The van der Waals surface area contributed by atoms with Gasteiger partial charge in [0.2, 0.25) is 0 Å². The highest BCUT2D eigenvalue weighted by molar-refractivity contribution is 5.88. The number of nitriles is 1. The molecule has 0 aliphatic rings. The van der Waals surface area contributed by atoms with Crippen LogP contribution in [0.15, 0.2) is 54.7 Å². The second-order valence-corrected chi connectivity index (χ2v) is 4.86. The molecule has 1 N–H and O–H groups in total. The van der Waals surface area contributed by atoms with Gasteiger partial charge in [-0.2, -0.15) is 5.26 Å². The van der Waals surface area contributed by atoms with Gasteiger partial charge in [0.1, 0.15) is 17.6 Å². The normalized spacial score (nSPS) is 10.2. The maximum absolute atomic E-state index is 8.80. The lowest BCUT2D eigenvalue weighted by Crippen LogP contribution is -2.04. The molecule has 0 atom stereocenters. The summed E-state index contributed by atoms with van der Waals surface area (Å²) >= 11 is 0. The molecule has 0 saturated carbocycles. The Morgan fingerprint density at radius 2 is 2.00 bits per heavy atom. The number of fused-ring (bicyclic) bond motifs is 1. The fourth-order valence-corrected chi connectivity index (χ4v) is 2.43. The van der Waals surface area contributed by atoms with Gasteiger partial charge < -0.3 is 10.1 Å². The van der Waals surface area contributed by atoms with Crippen LogP contribution in [0.2, 0.25) is 0 Å². The van der Waals surface area contributed by atoms with Gasteiger partial charge in [-0.15, -0.1) is 0 Å². The SMILES string of the molecule is COc1ccc2ccccc2c1CNc1ccc(C#N)cn1. The van der Waals surface area contributed by atoms with Crippen LogP contribution in [0, 0.1) is 11.3 Å². The lowest BCUT2D eigenvalue weighted by atomic mass is 10.0. The quantitative estimate of drug-likeness (QED) is 0.795. The van der Waals surface area contributed by atoms with Crippen LogP contribution in [-0.4, -0.2) is 12.1 Å². The molecule has 0 aliphatic heterocycles. The van der Waals surface area contributed by atoms with Crippen LogP contribution in [0.25, 0.3) is 10.8 Å². The Morgan fingerprint density at radius 3 is 2.73 bits per heavy atom. The van der Waals surface area contributed by atoms with Crippen molar-refractivity contribution < 1.29 is 4.74 Å². The molecule has 0 bridgehead atoms. The standard InChI is InChI=1S/C18H15N3O/c1-22-17-8-7-14-4-2-3-5-15(14)16(17)12-21-18-9-6-13(10-19)11-20-18/h2-9,11H,12H2,1H3,(H,20,21). The van der Waals surface area contributed by atoms with Crippen molar-refractivity contribution in [3.05, 3.63) is 65.9 Å². The average molecular weight is 289 g/mol. The van der Waals surface area contributed by atoms with Crippen molar-refractivity contribution in [3.63, 3.8) is 0 Å². The Balaban J connectivity index is 1.90. The number of hydrogen-bond donors (Lipinski definition) is 1. The molecule has 4 nitrogen and oxygen atoms in total. The van der Waals surface area contributed by atoms with Crippen molar-refractivity contribution >= 4 is 16.6 Å². The predicted molar refractivity (Wildman–Crippen MR) is 86.8 cm³/mol. The Bertz CT molecular complexity index is 835. The van der Waals surface area contributed by atoms with E-state index < -0.39 is 0 Å². The van der Waals surface area contributed by atoms with E-state index in [0.29, 0.717) is 12.1 Å². The zero-order chi connectivity index (χ0) is 15.4. The molecule has 108 valence electrons. The lowest BCUT2D eigenvalue weighted by Gasteiger charge is -2.13. The van der Waals surface area contributed by atoms with E-state index >= 15 is 0 Å². The second-order valence-electron chi connectivity index (χ2n) is 4.86. The van der Waals surface area contributed by atoms with Crippen molar-refractivity contribution in [1.29, 1.82) is 5.26 Å². The van der Waals surface area contributed by atoms with E-state index in [2.05, 4.69) is 34.6 Å². The fourth-order valence-electron chi connectivity index (χ4n) is 2.43. The fraction of sp³-hybridized carbons (Fsp3) is 0.111. The summed E-state index contributed by atoms with van der Waals surface area (Å²) in [6.45, 7) is 0.601. The van der Waals surface area contributed by atoms with Gasteiger partial charge >= 0.3 is 0 Å². The third-order valence-electron chi connectivity index (χ3n) is 3.56. The van der Waals surface area contributed by atoms with E-state index in [1.165, 1.54) is 5.39 Å². The minimum absolute atomic E-state index is 0.549. The maximum atomic E-state index is 8.80. The topological polar surface area (TPSA) is 57.9 Å². The van der Waals surface area contributed by atoms with Gasteiger partial charge in [-0.05, 0) is 29.0 Å². The summed E-state index contributed by atoms with van der Waals surface area (Å²) in [5, 5.41) is 14.4. The molecular weight excluding hydrogens is 274 g/mol. The Kier molecular flexibility index (Phi) is 3.88. The van der Waals surface area contributed by atoms with E-state index in [1.54, 1.807) is 25.4 Å². The van der Waals surface area contributed by atoms with E-state index in [9.17, 15) is 0 Å². The van der Waals surface area contributed by atoms with Crippen LogP contribution >= 0.6 is 0 Å². The van der Waals surface area contributed by atoms with Crippen molar-refractivity contribution in [2.24, 2.45) is 0 Å². The number of anilines is 1. The molecule has 0 radical (unpaired) electrons. The Morgan fingerprint density at radius 1 is 1.14 bits per heavy atom. The molecule has 4 heteroatoms. The highest BCUT2D eigenvalue weighted by atomic mass is 16.5. The number of nitrogens with one attached hydrogen (secondary N) is 1. The molecule has 0 saturated heterocycles. The molecule has 3 rings (SSSR count). The number of nitrogens with zero attached hydrogens (tertiary/aromatic N) is 2. The smallest absolute Gasteiger partial charge is 0.126 e. The van der Waals surface area contributed by atoms with Gasteiger partial charge in [-0.25, -0.2) is 4.98 Å². The van der Waals surface area contributed by atoms with E-state index in [-0.39, 0.29) is 0 Å². The maximum Gasteiger partial charge on any atom is 0.126 e. The van der Waals surface area contributed by atoms with Gasteiger partial charge in [-0.3, -0.25) is 0 Å². The summed E-state index contributed by atoms with van der Waals surface area (Å²) in [6, 6.07) is 17.8. The lowest BCUT2D eigenvalue weighted by molar-refractivity contribution is 0.411. The molecular formula is C18H15N3O. The number of pyridine rings is 1. The summed E-state index contributed by atoms with van der Waals surface area (Å²) in [7, 11) is 1.67. The van der Waals surface area contributed by atoms with Crippen LogP contribution in [0.3, 0.4) is 0 Å². The van der Waals surface area contributed by atoms with Gasteiger partial charge in [0.25, 0.3) is 0 Å². The summed E-state index contributed by atoms with van der Waals surface area (Å²) in [5.74, 6) is 1.58. The minimum atomic E-state index is 0.549. The van der Waals surface area contributed by atoms with Crippen molar-refractivity contribution in [2.45, 2.75) is 6.54 Å². The number of hydrogen-bond acceptors (Lipinski definition) is 4. The Labute approximate surface area is 129 Å².